The van der Waals surface area contributed by atoms with Crippen molar-refractivity contribution in [2.45, 2.75) is 26.1 Å². The number of methoxy groups -OCH3 is 2. The fraction of sp³-hybridized carbons (Fsp3) is 0.207. The first-order valence-electron chi connectivity index (χ1n) is 12.7. The molecule has 2 aromatic heterocycles. The highest BCUT2D eigenvalue weighted by molar-refractivity contribution is 7.09. The maximum Gasteiger partial charge on any atom is 0.247 e. The van der Waals surface area contributed by atoms with Gasteiger partial charge in [-0.2, -0.15) is 0 Å². The van der Waals surface area contributed by atoms with Crippen LogP contribution in [-0.2, 0) is 22.7 Å². The largest absolute Gasteiger partial charge is 0.497 e. The summed E-state index contributed by atoms with van der Waals surface area (Å²) >= 11 is 7.44. The van der Waals surface area contributed by atoms with Gasteiger partial charge in [-0.3, -0.25) is 9.59 Å². The molecule has 1 N–H and O–H groups in total. The number of hydrogen-bond acceptors (Lipinski definition) is 8. The number of para-hydroxylation sites is 1. The van der Waals surface area contributed by atoms with E-state index in [0.717, 1.165) is 16.8 Å². The molecular weight excluding hydrogens is 564 g/mol. The van der Waals surface area contributed by atoms with Crippen LogP contribution in [0.5, 0.6) is 11.5 Å². The van der Waals surface area contributed by atoms with E-state index in [2.05, 4.69) is 15.6 Å². The molecule has 2 heterocycles. The normalized spacial score (nSPS) is 11.7. The minimum Gasteiger partial charge on any atom is -0.497 e. The van der Waals surface area contributed by atoms with Crippen LogP contribution >= 0.6 is 22.9 Å². The number of fused-ring (bicyclic) bond motifs is 1. The number of thiazole rings is 1. The van der Waals surface area contributed by atoms with Crippen molar-refractivity contribution in [3.63, 3.8) is 0 Å². The SMILES string of the molecule is COc1ccc(NC(=O)C(C)N(Cc2nc(-c3ccc(Cl)cc3)cs2)C(=O)Cn2nnc3ccccc32)c(OC)c1. The van der Waals surface area contributed by atoms with Crippen LogP contribution in [0.3, 0.4) is 0 Å². The molecule has 0 aliphatic heterocycles. The van der Waals surface area contributed by atoms with Gasteiger partial charge < -0.3 is 19.7 Å². The summed E-state index contributed by atoms with van der Waals surface area (Å²) in [6.45, 7) is 1.70. The van der Waals surface area contributed by atoms with Crippen molar-refractivity contribution < 1.29 is 19.1 Å². The Bertz CT molecular complexity index is 1690. The van der Waals surface area contributed by atoms with Crippen LogP contribution < -0.4 is 14.8 Å². The topological polar surface area (TPSA) is 111 Å². The van der Waals surface area contributed by atoms with E-state index in [-0.39, 0.29) is 24.9 Å². The predicted octanol–water partition coefficient (Wildman–Crippen LogP) is 5.28. The molecule has 5 rings (SSSR count). The molecule has 10 nitrogen and oxygen atoms in total. The zero-order valence-corrected chi connectivity index (χ0v) is 24.1. The Morgan fingerprint density at radius 2 is 1.85 bits per heavy atom. The number of carbonyl (C=O) groups is 2. The molecule has 210 valence electrons. The van der Waals surface area contributed by atoms with E-state index in [1.54, 1.807) is 44.4 Å². The number of amides is 2. The van der Waals surface area contributed by atoms with E-state index < -0.39 is 6.04 Å². The second-order valence-corrected chi connectivity index (χ2v) is 10.5. The number of hydrogen-bond donors (Lipinski definition) is 1. The van der Waals surface area contributed by atoms with Gasteiger partial charge in [0.25, 0.3) is 0 Å². The van der Waals surface area contributed by atoms with Crippen molar-refractivity contribution in [1.29, 1.82) is 0 Å². The highest BCUT2D eigenvalue weighted by Gasteiger charge is 2.28. The molecular formula is C29H27ClN6O4S. The third-order valence-corrected chi connectivity index (χ3v) is 7.62. The van der Waals surface area contributed by atoms with Crippen LogP contribution in [0.25, 0.3) is 22.3 Å². The summed E-state index contributed by atoms with van der Waals surface area (Å²) < 4.78 is 12.2. The Labute approximate surface area is 245 Å². The average molecular weight is 591 g/mol. The summed E-state index contributed by atoms with van der Waals surface area (Å²) in [7, 11) is 3.06. The Morgan fingerprint density at radius 3 is 2.61 bits per heavy atom. The fourth-order valence-corrected chi connectivity index (χ4v) is 5.18. The Balaban J connectivity index is 1.41. The molecule has 1 atom stereocenters. The maximum absolute atomic E-state index is 13.8. The second kappa shape index (κ2) is 12.4. The molecule has 0 spiro atoms. The van der Waals surface area contributed by atoms with E-state index in [1.165, 1.54) is 28.0 Å². The number of rotatable bonds is 10. The molecule has 1 unspecified atom stereocenters. The number of carbonyl (C=O) groups excluding carboxylic acids is 2. The molecule has 12 heteroatoms. The minimum absolute atomic E-state index is 0.0978. The van der Waals surface area contributed by atoms with E-state index in [4.69, 9.17) is 26.1 Å². The van der Waals surface area contributed by atoms with Crippen molar-refractivity contribution in [3.05, 3.63) is 82.1 Å². The number of halogens is 1. The van der Waals surface area contributed by atoms with Crippen LogP contribution in [0.2, 0.25) is 5.02 Å². The van der Waals surface area contributed by atoms with Gasteiger partial charge in [0.15, 0.2) is 0 Å². The standard InChI is InChI=1S/C29H27ClN6O4S/c1-18(29(38)32-23-13-12-21(39-2)14-26(23)40-3)35(28(37)16-36-25-7-5-4-6-22(25)33-34-36)15-27-31-24(17-41-27)19-8-10-20(30)11-9-19/h4-14,17-18H,15-16H2,1-3H3,(H,32,38). The molecule has 0 fully saturated rings. The zero-order valence-electron chi connectivity index (χ0n) is 22.6. The number of aromatic nitrogens is 4. The smallest absolute Gasteiger partial charge is 0.247 e. The van der Waals surface area contributed by atoms with E-state index in [9.17, 15) is 9.59 Å². The van der Waals surface area contributed by atoms with Crippen LogP contribution in [0, 0.1) is 0 Å². The highest BCUT2D eigenvalue weighted by Crippen LogP contribution is 2.30. The van der Waals surface area contributed by atoms with Gasteiger partial charge in [-0.25, -0.2) is 9.67 Å². The monoisotopic (exact) mass is 590 g/mol. The summed E-state index contributed by atoms with van der Waals surface area (Å²) in [4.78, 5) is 33.5. The Kier molecular flexibility index (Phi) is 8.46. The molecule has 0 radical (unpaired) electrons. The first-order chi connectivity index (χ1) is 19.9. The van der Waals surface area contributed by atoms with Crippen molar-refractivity contribution in [2.75, 3.05) is 19.5 Å². The molecule has 0 aliphatic rings. The second-order valence-electron chi connectivity index (χ2n) is 9.12. The lowest BCUT2D eigenvalue weighted by atomic mass is 10.2. The average Bonchev–Trinajstić information content (AvgIpc) is 3.63. The predicted molar refractivity (Wildman–Crippen MR) is 158 cm³/mol. The first kappa shape index (κ1) is 28.1. The number of nitrogens with one attached hydrogen (secondary N) is 1. The Hall–Kier alpha value is -4.48. The van der Waals surface area contributed by atoms with E-state index in [1.807, 2.05) is 41.8 Å². The van der Waals surface area contributed by atoms with Gasteiger partial charge in [-0.05, 0) is 43.3 Å². The van der Waals surface area contributed by atoms with E-state index >= 15 is 0 Å². The van der Waals surface area contributed by atoms with Gasteiger partial charge in [0.1, 0.15) is 34.6 Å². The molecule has 0 aliphatic carbocycles. The lowest BCUT2D eigenvalue weighted by molar-refractivity contribution is -0.139. The van der Waals surface area contributed by atoms with Gasteiger partial charge >= 0.3 is 0 Å². The summed E-state index contributed by atoms with van der Waals surface area (Å²) in [6.07, 6.45) is 0. The Morgan fingerprint density at radius 1 is 1.07 bits per heavy atom. The zero-order chi connectivity index (χ0) is 28.9. The third-order valence-electron chi connectivity index (χ3n) is 6.54. The van der Waals surface area contributed by atoms with E-state index in [0.29, 0.717) is 32.7 Å². The molecule has 2 amide bonds. The lowest BCUT2D eigenvalue weighted by Crippen LogP contribution is -2.46. The summed E-state index contributed by atoms with van der Waals surface area (Å²) in [5, 5.41) is 14.4. The third kappa shape index (κ3) is 6.31. The molecule has 0 bridgehead atoms. The lowest BCUT2D eigenvalue weighted by Gasteiger charge is -2.28. The summed E-state index contributed by atoms with van der Waals surface area (Å²) in [5.74, 6) is 0.322. The van der Waals surface area contributed by atoms with Crippen molar-refractivity contribution in [2.24, 2.45) is 0 Å². The molecule has 5 aromatic rings. The van der Waals surface area contributed by atoms with Crippen LogP contribution in [0.1, 0.15) is 11.9 Å². The van der Waals surface area contributed by atoms with Crippen LogP contribution in [-0.4, -0.2) is 57.0 Å². The fourth-order valence-electron chi connectivity index (χ4n) is 4.26. The summed E-state index contributed by atoms with van der Waals surface area (Å²) in [6, 6.07) is 19.0. The van der Waals surface area contributed by atoms with Crippen molar-refractivity contribution in [3.8, 4) is 22.8 Å². The quantitative estimate of drug-likeness (QED) is 0.235. The maximum atomic E-state index is 13.8. The molecule has 41 heavy (non-hydrogen) atoms. The van der Waals surface area contributed by atoms with Gasteiger partial charge in [0.2, 0.25) is 11.8 Å². The first-order valence-corrected chi connectivity index (χ1v) is 13.9. The molecule has 3 aromatic carbocycles. The number of ether oxygens (including phenoxy) is 2. The van der Waals surface area contributed by atoms with Crippen molar-refractivity contribution in [1.82, 2.24) is 24.9 Å². The number of anilines is 1. The van der Waals surface area contributed by atoms with Crippen LogP contribution in [0.15, 0.2) is 72.1 Å². The number of benzene rings is 3. The number of nitrogens with zero attached hydrogens (tertiary/aromatic N) is 5. The molecule has 0 saturated heterocycles. The molecule has 0 saturated carbocycles. The van der Waals surface area contributed by atoms with Crippen LogP contribution in [0.4, 0.5) is 5.69 Å². The van der Waals surface area contributed by atoms with Gasteiger partial charge in [-0.1, -0.05) is 41.1 Å². The summed E-state index contributed by atoms with van der Waals surface area (Å²) in [5.41, 5.74) is 3.52. The van der Waals surface area contributed by atoms with Gasteiger partial charge in [0.05, 0.1) is 37.7 Å². The van der Waals surface area contributed by atoms with Gasteiger partial charge in [-0.15, -0.1) is 16.4 Å². The minimum atomic E-state index is -0.855. The van der Waals surface area contributed by atoms with Gasteiger partial charge in [0, 0.05) is 22.0 Å². The highest BCUT2D eigenvalue weighted by atomic mass is 35.5. The van der Waals surface area contributed by atoms with Crippen molar-refractivity contribution >= 4 is 51.5 Å².